The molecular formula is C35H41N3O3. The maximum Gasteiger partial charge on any atom is 0.252 e. The van der Waals surface area contributed by atoms with Gasteiger partial charge in [0.05, 0.1) is 12.6 Å². The van der Waals surface area contributed by atoms with Crippen LogP contribution in [0, 0.1) is 0 Å². The van der Waals surface area contributed by atoms with E-state index in [1.807, 2.05) is 43.3 Å². The first kappa shape index (κ1) is 29.9. The van der Waals surface area contributed by atoms with Crippen LogP contribution in [-0.4, -0.2) is 48.2 Å². The zero-order valence-electron chi connectivity index (χ0n) is 24.0. The average Bonchev–Trinajstić information content (AvgIpc) is 3.02. The summed E-state index contributed by atoms with van der Waals surface area (Å²) in [6.07, 6.45) is 10.1. The maximum absolute atomic E-state index is 13.4. The molecule has 6 nitrogen and oxygen atoms in total. The first-order valence-corrected chi connectivity index (χ1v) is 14.8. The number of rotatable bonds is 13. The van der Waals surface area contributed by atoms with Gasteiger partial charge in [0.25, 0.3) is 11.8 Å². The second kappa shape index (κ2) is 15.7. The van der Waals surface area contributed by atoms with E-state index in [0.717, 1.165) is 30.5 Å². The van der Waals surface area contributed by atoms with Gasteiger partial charge in [-0.2, -0.15) is 0 Å². The van der Waals surface area contributed by atoms with E-state index in [1.165, 1.54) is 37.9 Å². The number of carbonyl (C=O) groups excluding carboxylic acids is 3. The first-order chi connectivity index (χ1) is 20.0. The Hall–Kier alpha value is -4.03. The number of ketones is 1. The minimum absolute atomic E-state index is 0.141. The number of carbonyl (C=O) groups is 3. The van der Waals surface area contributed by atoms with Gasteiger partial charge in [-0.25, -0.2) is 0 Å². The van der Waals surface area contributed by atoms with Crippen molar-refractivity contribution in [2.75, 3.05) is 19.6 Å². The van der Waals surface area contributed by atoms with Gasteiger partial charge in [-0.3, -0.25) is 19.3 Å². The Morgan fingerprint density at radius 2 is 1.54 bits per heavy atom. The van der Waals surface area contributed by atoms with Crippen LogP contribution in [0.5, 0.6) is 0 Å². The van der Waals surface area contributed by atoms with Crippen LogP contribution >= 0.6 is 0 Å². The van der Waals surface area contributed by atoms with Gasteiger partial charge in [0, 0.05) is 17.7 Å². The number of likely N-dealkylation sites (tertiary alicyclic amines) is 1. The summed E-state index contributed by atoms with van der Waals surface area (Å²) < 4.78 is 0. The highest BCUT2D eigenvalue weighted by molar-refractivity contribution is 6.02. The van der Waals surface area contributed by atoms with E-state index >= 15 is 0 Å². The van der Waals surface area contributed by atoms with Crippen LogP contribution in [0.2, 0.25) is 0 Å². The molecule has 3 aromatic carbocycles. The van der Waals surface area contributed by atoms with Crippen LogP contribution < -0.4 is 10.6 Å². The Balaban J connectivity index is 1.38. The zero-order chi connectivity index (χ0) is 28.9. The van der Waals surface area contributed by atoms with Crippen LogP contribution in [0.15, 0.2) is 78.9 Å². The molecule has 4 rings (SSSR count). The summed E-state index contributed by atoms with van der Waals surface area (Å²) >= 11 is 0. The Morgan fingerprint density at radius 3 is 2.27 bits per heavy atom. The summed E-state index contributed by atoms with van der Waals surface area (Å²) in [6, 6.07) is 24.1. The molecule has 0 spiro atoms. The molecule has 3 aromatic rings. The number of nitrogens with zero attached hydrogens (tertiary/aromatic N) is 1. The Bertz CT molecular complexity index is 1310. The second-order valence-electron chi connectivity index (χ2n) is 10.7. The molecule has 214 valence electrons. The van der Waals surface area contributed by atoms with Crippen molar-refractivity contribution >= 4 is 29.7 Å². The molecule has 0 aromatic heterocycles. The molecule has 41 heavy (non-hydrogen) atoms. The SMILES string of the molecule is CCCCC(NC(=O)c1ccccc1C=Cc1ccc(CN2CCCCC2)cc1)C(=O)CNC(=O)c1ccccc1. The lowest BCUT2D eigenvalue weighted by atomic mass is 10.0. The van der Waals surface area contributed by atoms with Crippen molar-refractivity contribution in [2.24, 2.45) is 0 Å². The quantitative estimate of drug-likeness (QED) is 0.251. The van der Waals surface area contributed by atoms with E-state index in [4.69, 9.17) is 0 Å². The summed E-state index contributed by atoms with van der Waals surface area (Å²) in [4.78, 5) is 41.3. The summed E-state index contributed by atoms with van der Waals surface area (Å²) in [5, 5.41) is 5.63. The third-order valence-electron chi connectivity index (χ3n) is 7.49. The largest absolute Gasteiger partial charge is 0.345 e. The fourth-order valence-electron chi connectivity index (χ4n) is 5.09. The number of Topliss-reactive ketones (excluding diaryl/α,β-unsaturated/α-hetero) is 1. The highest BCUT2D eigenvalue weighted by Crippen LogP contribution is 2.17. The number of amides is 2. The minimum Gasteiger partial charge on any atom is -0.345 e. The Labute approximate surface area is 243 Å². The summed E-state index contributed by atoms with van der Waals surface area (Å²) in [5.74, 6) is -0.825. The van der Waals surface area contributed by atoms with E-state index in [0.29, 0.717) is 17.5 Å². The standard InChI is InChI=1S/C35H41N3O3/c1-2-3-16-32(33(39)25-36-34(40)30-13-6-4-7-14-30)37-35(41)31-15-9-8-12-29(31)22-21-27-17-19-28(20-18-27)26-38-23-10-5-11-24-38/h4,6-9,12-15,17-22,32H,2-3,5,10-11,16,23-26H2,1H3,(H,36,40)(H,37,41). The molecule has 2 amide bonds. The molecule has 1 heterocycles. The second-order valence-corrected chi connectivity index (χ2v) is 10.7. The molecule has 1 unspecified atom stereocenters. The molecule has 1 saturated heterocycles. The van der Waals surface area contributed by atoms with Crippen LogP contribution in [0.1, 0.15) is 82.9 Å². The van der Waals surface area contributed by atoms with Crippen molar-refractivity contribution in [3.63, 3.8) is 0 Å². The van der Waals surface area contributed by atoms with Gasteiger partial charge in [0.1, 0.15) is 0 Å². The van der Waals surface area contributed by atoms with Gasteiger partial charge in [-0.05, 0) is 67.2 Å². The summed E-state index contributed by atoms with van der Waals surface area (Å²) in [7, 11) is 0. The lowest BCUT2D eigenvalue weighted by Crippen LogP contribution is -2.45. The average molecular weight is 552 g/mol. The number of unbranched alkanes of at least 4 members (excludes halogenated alkanes) is 1. The van der Waals surface area contributed by atoms with Crippen LogP contribution in [0.4, 0.5) is 0 Å². The first-order valence-electron chi connectivity index (χ1n) is 14.8. The predicted molar refractivity (Wildman–Crippen MR) is 166 cm³/mol. The van der Waals surface area contributed by atoms with E-state index in [-0.39, 0.29) is 24.1 Å². The molecule has 1 aliphatic heterocycles. The van der Waals surface area contributed by atoms with Gasteiger partial charge < -0.3 is 10.6 Å². The van der Waals surface area contributed by atoms with Crippen molar-refractivity contribution in [1.29, 1.82) is 0 Å². The molecule has 0 saturated carbocycles. The lowest BCUT2D eigenvalue weighted by molar-refractivity contribution is -0.120. The van der Waals surface area contributed by atoms with Crippen LogP contribution in [0.3, 0.4) is 0 Å². The normalized spacial score (nSPS) is 14.5. The molecule has 1 fully saturated rings. The van der Waals surface area contributed by atoms with E-state index in [2.05, 4.69) is 39.8 Å². The van der Waals surface area contributed by atoms with E-state index < -0.39 is 6.04 Å². The molecule has 1 atom stereocenters. The van der Waals surface area contributed by atoms with Gasteiger partial charge >= 0.3 is 0 Å². The summed E-state index contributed by atoms with van der Waals surface area (Å²) in [6.45, 7) is 5.24. The van der Waals surface area contributed by atoms with Crippen molar-refractivity contribution in [1.82, 2.24) is 15.5 Å². The number of benzene rings is 3. The number of hydrogen-bond acceptors (Lipinski definition) is 4. The number of hydrogen-bond donors (Lipinski definition) is 2. The molecule has 0 radical (unpaired) electrons. The van der Waals surface area contributed by atoms with Crippen molar-refractivity contribution in [2.45, 2.75) is 58.0 Å². The number of nitrogens with one attached hydrogen (secondary N) is 2. The molecule has 6 heteroatoms. The molecule has 0 aliphatic carbocycles. The van der Waals surface area contributed by atoms with Crippen LogP contribution in [0.25, 0.3) is 12.2 Å². The monoisotopic (exact) mass is 551 g/mol. The molecular weight excluding hydrogens is 510 g/mol. The fourth-order valence-corrected chi connectivity index (χ4v) is 5.09. The van der Waals surface area contributed by atoms with E-state index in [9.17, 15) is 14.4 Å². The van der Waals surface area contributed by atoms with Gasteiger partial charge in [-0.15, -0.1) is 0 Å². The zero-order valence-corrected chi connectivity index (χ0v) is 24.0. The summed E-state index contributed by atoms with van der Waals surface area (Å²) in [5.41, 5.74) is 4.15. The van der Waals surface area contributed by atoms with Crippen molar-refractivity contribution in [3.05, 3.63) is 107 Å². The molecule has 0 bridgehead atoms. The molecule has 2 N–H and O–H groups in total. The maximum atomic E-state index is 13.4. The van der Waals surface area contributed by atoms with Gasteiger partial charge in [0.15, 0.2) is 5.78 Å². The fraction of sp³-hybridized carbons (Fsp3) is 0.343. The Kier molecular flexibility index (Phi) is 11.4. The van der Waals surface area contributed by atoms with Crippen LogP contribution in [-0.2, 0) is 11.3 Å². The van der Waals surface area contributed by atoms with Crippen molar-refractivity contribution < 1.29 is 14.4 Å². The van der Waals surface area contributed by atoms with E-state index in [1.54, 1.807) is 30.3 Å². The third-order valence-corrected chi connectivity index (χ3v) is 7.49. The third kappa shape index (κ3) is 9.25. The van der Waals surface area contributed by atoms with Crippen molar-refractivity contribution in [3.8, 4) is 0 Å². The molecule has 1 aliphatic rings. The predicted octanol–water partition coefficient (Wildman–Crippen LogP) is 6.13. The topological polar surface area (TPSA) is 78.5 Å². The lowest BCUT2D eigenvalue weighted by Gasteiger charge is -2.26. The highest BCUT2D eigenvalue weighted by Gasteiger charge is 2.22. The number of piperidine rings is 1. The smallest absolute Gasteiger partial charge is 0.252 e. The van der Waals surface area contributed by atoms with Gasteiger partial charge in [0.2, 0.25) is 0 Å². The highest BCUT2D eigenvalue weighted by atomic mass is 16.2. The minimum atomic E-state index is -0.678. The Morgan fingerprint density at radius 1 is 0.829 bits per heavy atom. The van der Waals surface area contributed by atoms with Gasteiger partial charge in [-0.1, -0.05) is 99.0 Å².